The van der Waals surface area contributed by atoms with Crippen molar-refractivity contribution in [3.05, 3.63) is 34.9 Å². The molecule has 3 amide bonds. The Morgan fingerprint density at radius 3 is 2.25 bits per heavy atom. The van der Waals surface area contributed by atoms with Crippen LogP contribution in [-0.4, -0.2) is 18.2 Å². The molecule has 1 heterocycles. The van der Waals surface area contributed by atoms with E-state index in [1.807, 2.05) is 5.32 Å². The number of carbonyl (C=O) groups is 3. The number of hydrogen-bond donors (Lipinski definition) is 2. The monoisotopic (exact) mass is 238 g/mol. The van der Waals surface area contributed by atoms with E-state index in [1.54, 1.807) is 12.1 Å². The molecule has 5 nitrogen and oxygen atoms in total. The molecule has 1 aliphatic rings. The lowest BCUT2D eigenvalue weighted by Crippen LogP contribution is -2.45. The molecule has 6 heteroatoms. The van der Waals surface area contributed by atoms with Gasteiger partial charge in [0.1, 0.15) is 0 Å². The highest BCUT2D eigenvalue weighted by Gasteiger charge is 2.47. The molecule has 1 aromatic carbocycles. The van der Waals surface area contributed by atoms with Crippen LogP contribution in [0.3, 0.4) is 0 Å². The summed E-state index contributed by atoms with van der Waals surface area (Å²) in [5, 5.41) is 4.79. The van der Waals surface area contributed by atoms with Crippen LogP contribution < -0.4 is 10.6 Å². The van der Waals surface area contributed by atoms with Gasteiger partial charge in [-0.1, -0.05) is 23.7 Å². The third-order valence-electron chi connectivity index (χ3n) is 2.37. The van der Waals surface area contributed by atoms with Crippen LogP contribution in [0.2, 0.25) is 5.02 Å². The molecule has 2 rings (SSSR count). The minimum absolute atomic E-state index is 0.371. The number of rotatable bonds is 2. The van der Waals surface area contributed by atoms with Crippen molar-refractivity contribution in [2.45, 2.75) is 5.54 Å². The Bertz CT molecular complexity index is 471. The molecule has 82 valence electrons. The molecule has 0 aliphatic carbocycles. The first-order chi connectivity index (χ1) is 7.58. The summed E-state index contributed by atoms with van der Waals surface area (Å²) < 4.78 is 0. The number of halogens is 1. The molecule has 1 atom stereocenters. The maximum Gasteiger partial charge on any atom is 0.322 e. The summed E-state index contributed by atoms with van der Waals surface area (Å²) >= 11 is 5.70. The Balaban J connectivity index is 2.50. The Hall–Kier alpha value is -1.88. The van der Waals surface area contributed by atoms with Gasteiger partial charge in [-0.2, -0.15) is 0 Å². The van der Waals surface area contributed by atoms with Crippen LogP contribution in [-0.2, 0) is 15.1 Å². The highest BCUT2D eigenvalue weighted by Crippen LogP contribution is 2.24. The van der Waals surface area contributed by atoms with Crippen LogP contribution in [0, 0.1) is 0 Å². The van der Waals surface area contributed by atoms with Crippen molar-refractivity contribution >= 4 is 29.8 Å². The highest BCUT2D eigenvalue weighted by atomic mass is 35.5. The van der Waals surface area contributed by atoms with Crippen molar-refractivity contribution < 1.29 is 14.4 Å². The summed E-state index contributed by atoms with van der Waals surface area (Å²) in [5.74, 6) is -0.685. The molecule has 0 spiro atoms. The van der Waals surface area contributed by atoms with Gasteiger partial charge in [0.2, 0.25) is 5.54 Å². The Labute approximate surface area is 95.8 Å². The van der Waals surface area contributed by atoms with Gasteiger partial charge >= 0.3 is 6.03 Å². The van der Waals surface area contributed by atoms with E-state index in [1.165, 1.54) is 12.1 Å². The van der Waals surface area contributed by atoms with E-state index in [4.69, 9.17) is 11.6 Å². The number of imide groups is 1. The average molecular weight is 239 g/mol. The number of hydrogen-bond acceptors (Lipinski definition) is 3. The average Bonchev–Trinajstić information content (AvgIpc) is 2.55. The van der Waals surface area contributed by atoms with Crippen LogP contribution in [0.5, 0.6) is 0 Å². The number of carbonyl (C=O) groups excluding carboxylic acids is 3. The molecule has 0 saturated carbocycles. The second-order valence-electron chi connectivity index (χ2n) is 3.34. The highest BCUT2D eigenvalue weighted by molar-refractivity contribution is 6.30. The summed E-state index contributed by atoms with van der Waals surface area (Å²) in [5.41, 5.74) is -1.27. The molecular weight excluding hydrogens is 232 g/mol. The van der Waals surface area contributed by atoms with Gasteiger partial charge in [0.15, 0.2) is 6.29 Å². The molecular formula is C10H7ClN2O3. The molecule has 2 N–H and O–H groups in total. The van der Waals surface area contributed by atoms with Gasteiger partial charge in [-0.15, -0.1) is 0 Å². The third-order valence-corrected chi connectivity index (χ3v) is 2.62. The molecule has 0 unspecified atom stereocenters. The molecule has 0 radical (unpaired) electrons. The van der Waals surface area contributed by atoms with Crippen molar-refractivity contribution in [3.63, 3.8) is 0 Å². The fourth-order valence-electron chi connectivity index (χ4n) is 1.54. The van der Waals surface area contributed by atoms with E-state index in [-0.39, 0.29) is 0 Å². The first-order valence-corrected chi connectivity index (χ1v) is 4.82. The first-order valence-electron chi connectivity index (χ1n) is 4.44. The third kappa shape index (κ3) is 1.45. The fraction of sp³-hybridized carbons (Fsp3) is 0.100. The first kappa shape index (κ1) is 10.6. The van der Waals surface area contributed by atoms with E-state index in [9.17, 15) is 14.4 Å². The quantitative estimate of drug-likeness (QED) is 0.449. The Morgan fingerprint density at radius 2 is 1.81 bits per heavy atom. The van der Waals surface area contributed by atoms with Crippen LogP contribution in [0.1, 0.15) is 5.56 Å². The van der Waals surface area contributed by atoms with Gasteiger partial charge in [0, 0.05) is 5.02 Å². The van der Waals surface area contributed by atoms with Crippen LogP contribution in [0.25, 0.3) is 0 Å². The molecule has 1 aliphatic heterocycles. The predicted octanol–water partition coefficient (Wildman–Crippen LogP) is 0.574. The van der Waals surface area contributed by atoms with Crippen molar-refractivity contribution in [1.29, 1.82) is 0 Å². The van der Waals surface area contributed by atoms with E-state index in [0.29, 0.717) is 16.9 Å². The van der Waals surface area contributed by atoms with Crippen LogP contribution in [0.15, 0.2) is 24.3 Å². The second kappa shape index (κ2) is 3.61. The molecule has 1 aromatic rings. The van der Waals surface area contributed by atoms with Gasteiger partial charge in [0.05, 0.1) is 0 Å². The van der Waals surface area contributed by atoms with E-state index >= 15 is 0 Å². The van der Waals surface area contributed by atoms with Gasteiger partial charge in [-0.25, -0.2) is 4.79 Å². The molecule has 1 fully saturated rings. The zero-order valence-electron chi connectivity index (χ0n) is 7.99. The number of amides is 3. The van der Waals surface area contributed by atoms with E-state index < -0.39 is 17.5 Å². The maximum atomic E-state index is 11.6. The molecule has 0 aromatic heterocycles. The van der Waals surface area contributed by atoms with E-state index in [0.717, 1.165) is 0 Å². The van der Waals surface area contributed by atoms with Gasteiger partial charge in [-0.3, -0.25) is 14.9 Å². The number of urea groups is 1. The lowest BCUT2D eigenvalue weighted by atomic mass is 9.92. The largest absolute Gasteiger partial charge is 0.322 e. The minimum atomic E-state index is -1.64. The number of benzene rings is 1. The zero-order chi connectivity index (χ0) is 11.8. The number of aldehydes is 1. The summed E-state index contributed by atoms with van der Waals surface area (Å²) in [6.45, 7) is 0. The van der Waals surface area contributed by atoms with E-state index in [2.05, 4.69) is 5.32 Å². The molecule has 16 heavy (non-hydrogen) atoms. The topological polar surface area (TPSA) is 75.3 Å². The minimum Gasteiger partial charge on any atom is -0.314 e. The van der Waals surface area contributed by atoms with Crippen molar-refractivity contribution in [3.8, 4) is 0 Å². The smallest absolute Gasteiger partial charge is 0.314 e. The Morgan fingerprint density at radius 1 is 1.19 bits per heavy atom. The van der Waals surface area contributed by atoms with Gasteiger partial charge in [-0.05, 0) is 17.7 Å². The van der Waals surface area contributed by atoms with Gasteiger partial charge < -0.3 is 5.32 Å². The lowest BCUT2D eigenvalue weighted by molar-refractivity contribution is -0.129. The van der Waals surface area contributed by atoms with Gasteiger partial charge in [0.25, 0.3) is 5.91 Å². The fourth-order valence-corrected chi connectivity index (χ4v) is 1.66. The van der Waals surface area contributed by atoms with Crippen molar-refractivity contribution in [2.24, 2.45) is 0 Å². The maximum absolute atomic E-state index is 11.6. The summed E-state index contributed by atoms with van der Waals surface area (Å²) in [7, 11) is 0. The summed E-state index contributed by atoms with van der Waals surface area (Å²) in [6.07, 6.45) is 0.399. The lowest BCUT2D eigenvalue weighted by Gasteiger charge is -2.19. The Kier molecular flexibility index (Phi) is 2.40. The normalized spacial score (nSPS) is 23.8. The molecule has 0 bridgehead atoms. The van der Waals surface area contributed by atoms with Crippen LogP contribution >= 0.6 is 11.6 Å². The zero-order valence-corrected chi connectivity index (χ0v) is 8.75. The van der Waals surface area contributed by atoms with Crippen molar-refractivity contribution in [2.75, 3.05) is 0 Å². The number of nitrogens with one attached hydrogen (secondary N) is 2. The van der Waals surface area contributed by atoms with Crippen molar-refractivity contribution in [1.82, 2.24) is 10.6 Å². The van der Waals surface area contributed by atoms with Crippen LogP contribution in [0.4, 0.5) is 4.79 Å². The SMILES string of the molecule is O=C[C@@]1(c2ccc(Cl)cc2)NC(=O)NC1=O. The predicted molar refractivity (Wildman–Crippen MR) is 55.9 cm³/mol. The standard InChI is InChI=1S/C10H7ClN2O3/c11-7-3-1-6(2-4-7)10(5-14)8(15)12-9(16)13-10/h1-5H,(H2,12,13,15,16)/t10-/m0/s1. The second-order valence-corrected chi connectivity index (χ2v) is 3.78. The summed E-state index contributed by atoms with van der Waals surface area (Å²) in [6, 6.07) is 5.43. The molecule has 1 saturated heterocycles. The summed E-state index contributed by atoms with van der Waals surface area (Å²) in [4.78, 5) is 33.7.